The fourth-order valence-electron chi connectivity index (χ4n) is 4.18. The van der Waals surface area contributed by atoms with Crippen LogP contribution in [0.2, 0.25) is 0 Å². The van der Waals surface area contributed by atoms with Gasteiger partial charge in [-0.2, -0.15) is 0 Å². The Morgan fingerprint density at radius 3 is 2.10 bits per heavy atom. The van der Waals surface area contributed by atoms with Crippen LogP contribution in [0.15, 0.2) is 77.7 Å². The summed E-state index contributed by atoms with van der Waals surface area (Å²) in [5.74, 6) is 0.224. The van der Waals surface area contributed by atoms with Gasteiger partial charge in [0.15, 0.2) is 0 Å². The van der Waals surface area contributed by atoms with Crippen molar-refractivity contribution in [2.45, 2.75) is 44.3 Å². The molecule has 0 bridgehead atoms. The third kappa shape index (κ3) is 7.69. The molecule has 0 saturated carbocycles. The predicted molar refractivity (Wildman–Crippen MR) is 157 cm³/mol. The van der Waals surface area contributed by atoms with E-state index in [0.29, 0.717) is 17.1 Å². The van der Waals surface area contributed by atoms with Crippen LogP contribution in [0.4, 0.5) is 5.69 Å². The summed E-state index contributed by atoms with van der Waals surface area (Å²) in [5.41, 5.74) is 0.822. The van der Waals surface area contributed by atoms with Crippen molar-refractivity contribution >= 4 is 27.5 Å². The molecular weight excluding hydrogens is 546 g/mol. The van der Waals surface area contributed by atoms with E-state index >= 15 is 0 Å². The standard InChI is InChI=1S/C30H37N3O7S/c1-21(2)31-30(35)22(3)32(19-23-11-10-12-24(17-23)38-4)29(34)20-33(41(36,37)26-13-8-7-9-14-26)27-18-25(39-5)15-16-28(27)40-6/h7-18,21-22H,19-20H2,1-6H3,(H,31,35)/t22-/m1/s1. The topological polar surface area (TPSA) is 114 Å². The maximum Gasteiger partial charge on any atom is 0.264 e. The van der Waals surface area contributed by atoms with Gasteiger partial charge in [0.25, 0.3) is 10.0 Å². The zero-order chi connectivity index (χ0) is 30.2. The SMILES string of the molecule is COc1cccc(CN(C(=O)CN(c2cc(OC)ccc2OC)S(=O)(=O)c2ccccc2)[C@H](C)C(=O)NC(C)C)c1. The van der Waals surface area contributed by atoms with Gasteiger partial charge in [0.1, 0.15) is 29.8 Å². The van der Waals surface area contributed by atoms with Gasteiger partial charge in [0.05, 0.1) is 31.9 Å². The summed E-state index contributed by atoms with van der Waals surface area (Å²) >= 11 is 0. The third-order valence-electron chi connectivity index (χ3n) is 6.35. The van der Waals surface area contributed by atoms with Gasteiger partial charge in [-0.3, -0.25) is 13.9 Å². The van der Waals surface area contributed by atoms with E-state index in [9.17, 15) is 18.0 Å². The summed E-state index contributed by atoms with van der Waals surface area (Å²) in [6.07, 6.45) is 0. The lowest BCUT2D eigenvalue weighted by molar-refractivity contribution is -0.139. The highest BCUT2D eigenvalue weighted by Crippen LogP contribution is 2.36. The number of nitrogens with one attached hydrogen (secondary N) is 1. The fourth-order valence-corrected chi connectivity index (χ4v) is 5.62. The molecule has 0 heterocycles. The summed E-state index contributed by atoms with van der Waals surface area (Å²) in [7, 11) is 0.144. The quantitative estimate of drug-likeness (QED) is 0.325. The molecule has 1 atom stereocenters. The van der Waals surface area contributed by atoms with Crippen molar-refractivity contribution in [1.29, 1.82) is 0 Å². The number of ether oxygens (including phenoxy) is 3. The number of hydrogen-bond acceptors (Lipinski definition) is 7. The lowest BCUT2D eigenvalue weighted by atomic mass is 10.1. The minimum atomic E-state index is -4.26. The molecule has 0 fully saturated rings. The molecule has 3 rings (SSSR count). The molecule has 1 N–H and O–H groups in total. The zero-order valence-electron chi connectivity index (χ0n) is 24.2. The Morgan fingerprint density at radius 2 is 1.49 bits per heavy atom. The number of methoxy groups -OCH3 is 3. The molecule has 0 aliphatic heterocycles. The van der Waals surface area contributed by atoms with E-state index in [1.54, 1.807) is 61.5 Å². The van der Waals surface area contributed by atoms with E-state index in [1.165, 1.54) is 44.4 Å². The lowest BCUT2D eigenvalue weighted by Crippen LogP contribution is -2.52. The number of sulfonamides is 1. The van der Waals surface area contributed by atoms with Crippen molar-refractivity contribution < 1.29 is 32.2 Å². The molecule has 2 amide bonds. The predicted octanol–water partition coefficient (Wildman–Crippen LogP) is 3.85. The van der Waals surface area contributed by atoms with Gasteiger partial charge in [-0.05, 0) is 62.7 Å². The maximum absolute atomic E-state index is 14.1. The highest BCUT2D eigenvalue weighted by atomic mass is 32.2. The molecule has 0 aliphatic rings. The van der Waals surface area contributed by atoms with Crippen molar-refractivity contribution in [3.8, 4) is 17.2 Å². The van der Waals surface area contributed by atoms with Crippen molar-refractivity contribution in [3.63, 3.8) is 0 Å². The Kier molecular flexibility index (Phi) is 10.6. The molecule has 0 aliphatic carbocycles. The average Bonchev–Trinajstić information content (AvgIpc) is 2.97. The summed E-state index contributed by atoms with van der Waals surface area (Å²) in [5, 5.41) is 2.83. The number of carbonyl (C=O) groups is 2. The van der Waals surface area contributed by atoms with E-state index in [4.69, 9.17) is 14.2 Å². The minimum Gasteiger partial charge on any atom is -0.497 e. The second-order valence-corrected chi connectivity index (χ2v) is 11.4. The van der Waals surface area contributed by atoms with Gasteiger partial charge in [0.2, 0.25) is 11.8 Å². The highest BCUT2D eigenvalue weighted by molar-refractivity contribution is 7.92. The van der Waals surface area contributed by atoms with Crippen LogP contribution in [0, 0.1) is 0 Å². The van der Waals surface area contributed by atoms with Crippen LogP contribution in [0.3, 0.4) is 0 Å². The van der Waals surface area contributed by atoms with Crippen molar-refractivity contribution in [1.82, 2.24) is 10.2 Å². The Balaban J connectivity index is 2.12. The van der Waals surface area contributed by atoms with Crippen molar-refractivity contribution in [3.05, 3.63) is 78.4 Å². The first-order valence-corrected chi connectivity index (χ1v) is 14.5. The molecule has 0 saturated heterocycles. The number of hydrogen-bond donors (Lipinski definition) is 1. The van der Waals surface area contributed by atoms with Crippen molar-refractivity contribution in [2.24, 2.45) is 0 Å². The zero-order valence-corrected chi connectivity index (χ0v) is 25.0. The Hall–Kier alpha value is -4.25. The molecule has 0 unspecified atom stereocenters. The number of anilines is 1. The first-order valence-electron chi connectivity index (χ1n) is 13.0. The first-order chi connectivity index (χ1) is 19.5. The molecule has 10 nitrogen and oxygen atoms in total. The van der Waals surface area contributed by atoms with E-state index in [2.05, 4.69) is 5.32 Å². The molecule has 3 aromatic rings. The monoisotopic (exact) mass is 583 g/mol. The van der Waals surface area contributed by atoms with Crippen LogP contribution in [-0.2, 0) is 26.2 Å². The maximum atomic E-state index is 14.1. The Labute approximate surface area is 241 Å². The second-order valence-electron chi connectivity index (χ2n) is 9.57. The van der Waals surface area contributed by atoms with Gasteiger partial charge in [0, 0.05) is 18.7 Å². The van der Waals surface area contributed by atoms with E-state index in [1.807, 2.05) is 13.8 Å². The summed E-state index contributed by atoms with van der Waals surface area (Å²) < 4.78 is 45.2. The molecule has 0 radical (unpaired) electrons. The van der Waals surface area contributed by atoms with Gasteiger partial charge in [-0.25, -0.2) is 8.42 Å². The fraction of sp³-hybridized carbons (Fsp3) is 0.333. The van der Waals surface area contributed by atoms with Gasteiger partial charge >= 0.3 is 0 Å². The van der Waals surface area contributed by atoms with Crippen LogP contribution in [0.5, 0.6) is 17.2 Å². The largest absolute Gasteiger partial charge is 0.497 e. The molecule has 3 aromatic carbocycles. The second kappa shape index (κ2) is 13.9. The van der Waals surface area contributed by atoms with Crippen LogP contribution in [0.1, 0.15) is 26.3 Å². The van der Waals surface area contributed by atoms with Crippen molar-refractivity contribution in [2.75, 3.05) is 32.2 Å². The van der Waals surface area contributed by atoms with Gasteiger partial charge in [-0.1, -0.05) is 30.3 Å². The third-order valence-corrected chi connectivity index (χ3v) is 8.12. The molecule has 0 aromatic heterocycles. The lowest BCUT2D eigenvalue weighted by Gasteiger charge is -2.32. The number of rotatable bonds is 13. The molecular formula is C30H37N3O7S. The van der Waals surface area contributed by atoms with Crippen LogP contribution in [0.25, 0.3) is 0 Å². The Bertz CT molecular complexity index is 1450. The summed E-state index contributed by atoms with van der Waals surface area (Å²) in [6.45, 7) is 4.68. The summed E-state index contributed by atoms with van der Waals surface area (Å²) in [6, 6.07) is 18.5. The Morgan fingerprint density at radius 1 is 0.829 bits per heavy atom. The molecule has 41 heavy (non-hydrogen) atoms. The highest BCUT2D eigenvalue weighted by Gasteiger charge is 2.34. The van der Waals surface area contributed by atoms with E-state index in [-0.39, 0.29) is 34.8 Å². The van der Waals surface area contributed by atoms with Gasteiger partial charge < -0.3 is 24.4 Å². The van der Waals surface area contributed by atoms with E-state index < -0.39 is 28.5 Å². The number of amides is 2. The van der Waals surface area contributed by atoms with Gasteiger partial charge in [-0.15, -0.1) is 0 Å². The first kappa shape index (κ1) is 31.3. The molecule has 220 valence electrons. The number of benzene rings is 3. The smallest absolute Gasteiger partial charge is 0.264 e. The number of carbonyl (C=O) groups excluding carboxylic acids is 2. The van der Waals surface area contributed by atoms with Crippen LogP contribution >= 0.6 is 0 Å². The molecule has 11 heteroatoms. The summed E-state index contributed by atoms with van der Waals surface area (Å²) in [4.78, 5) is 28.5. The number of nitrogens with zero attached hydrogens (tertiary/aromatic N) is 2. The van der Waals surface area contributed by atoms with Crippen LogP contribution < -0.4 is 23.8 Å². The molecule has 0 spiro atoms. The average molecular weight is 584 g/mol. The normalized spacial score (nSPS) is 11.9. The van der Waals surface area contributed by atoms with E-state index in [0.717, 1.165) is 4.31 Å². The minimum absolute atomic E-state index is 0.0115. The van der Waals surface area contributed by atoms with Crippen LogP contribution in [-0.4, -0.2) is 65.1 Å².